The number of benzene rings is 3. The van der Waals surface area contributed by atoms with E-state index in [0.29, 0.717) is 40.5 Å². The number of ether oxygens (including phenoxy) is 1. The van der Waals surface area contributed by atoms with Crippen LogP contribution in [0.3, 0.4) is 0 Å². The third-order valence-electron chi connectivity index (χ3n) is 8.31. The minimum Gasteiger partial charge on any atom is -0.457 e. The number of halogens is 1. The summed E-state index contributed by atoms with van der Waals surface area (Å²) >= 11 is 0. The third-order valence-corrected chi connectivity index (χ3v) is 8.31. The molecule has 3 N–H and O–H groups in total. The van der Waals surface area contributed by atoms with Gasteiger partial charge in [0.2, 0.25) is 5.91 Å². The molecule has 0 radical (unpaired) electrons. The Hall–Kier alpha value is -5.36. The van der Waals surface area contributed by atoms with E-state index >= 15 is 0 Å². The largest absolute Gasteiger partial charge is 0.457 e. The number of nitrogens with one attached hydrogen (secondary N) is 1. The van der Waals surface area contributed by atoms with Crippen molar-refractivity contribution < 1.29 is 18.7 Å². The van der Waals surface area contributed by atoms with Crippen LogP contribution in [0, 0.1) is 5.82 Å². The van der Waals surface area contributed by atoms with Crippen LogP contribution in [0.1, 0.15) is 30.9 Å². The lowest BCUT2D eigenvalue weighted by Gasteiger charge is -2.34. The average molecular weight is 607 g/mol. The van der Waals surface area contributed by atoms with E-state index in [9.17, 15) is 14.0 Å². The predicted molar refractivity (Wildman–Crippen MR) is 167 cm³/mol. The van der Waals surface area contributed by atoms with Crippen molar-refractivity contribution in [3.05, 3.63) is 90.5 Å². The molecular weight excluding hydrogens is 575 g/mol. The molecule has 0 bridgehead atoms. The number of fused-ring (bicyclic) bond motifs is 1. The molecule has 0 spiro atoms. The lowest BCUT2D eigenvalue weighted by atomic mass is 10.0. The predicted octanol–water partition coefficient (Wildman–Crippen LogP) is 5.29. The highest BCUT2D eigenvalue weighted by molar-refractivity contribution is 6.06. The Morgan fingerprint density at radius 1 is 0.933 bits per heavy atom. The van der Waals surface area contributed by atoms with Gasteiger partial charge >= 0.3 is 6.03 Å². The number of carbonyl (C=O) groups excluding carboxylic acids is 2. The minimum absolute atomic E-state index is 0.0825. The van der Waals surface area contributed by atoms with Gasteiger partial charge in [0, 0.05) is 38.2 Å². The topological polar surface area (TPSA) is 131 Å². The SMILES string of the molecule is Nc1ncnc2c1c(-c1ccc(Oc3ccccc3)cc1)nn2C1CCN(Cc2ccc(F)cc2N2CCC(=O)NC2=O)CC1. The van der Waals surface area contributed by atoms with Crippen LogP contribution in [0.4, 0.5) is 20.7 Å². The Labute approximate surface area is 258 Å². The number of aromatic nitrogens is 4. The molecule has 5 aromatic rings. The first-order valence-electron chi connectivity index (χ1n) is 14.9. The van der Waals surface area contributed by atoms with E-state index in [-0.39, 0.29) is 24.9 Å². The Morgan fingerprint density at radius 2 is 1.69 bits per heavy atom. The van der Waals surface area contributed by atoms with Gasteiger partial charge < -0.3 is 10.5 Å². The quantitative estimate of drug-likeness (QED) is 0.256. The number of rotatable bonds is 7. The molecule has 2 aliphatic heterocycles. The van der Waals surface area contributed by atoms with Crippen LogP contribution in [-0.2, 0) is 11.3 Å². The van der Waals surface area contributed by atoms with Crippen LogP contribution in [0.2, 0.25) is 0 Å². The van der Waals surface area contributed by atoms with Crippen molar-refractivity contribution in [3.63, 3.8) is 0 Å². The number of nitrogens with zero attached hydrogens (tertiary/aromatic N) is 6. The van der Waals surface area contributed by atoms with Crippen molar-refractivity contribution in [2.45, 2.75) is 31.8 Å². The van der Waals surface area contributed by atoms with E-state index in [1.165, 1.54) is 23.4 Å². The number of hydrogen-bond donors (Lipinski definition) is 2. The van der Waals surface area contributed by atoms with E-state index in [2.05, 4.69) is 20.2 Å². The van der Waals surface area contributed by atoms with Crippen molar-refractivity contribution in [2.24, 2.45) is 0 Å². The molecule has 0 atom stereocenters. The van der Waals surface area contributed by atoms with Gasteiger partial charge in [-0.15, -0.1) is 0 Å². The Bertz CT molecular complexity index is 1870. The number of piperidine rings is 1. The van der Waals surface area contributed by atoms with Gasteiger partial charge in [0.05, 0.1) is 17.1 Å². The molecule has 2 aliphatic rings. The number of nitrogens with two attached hydrogens (primary N) is 1. The van der Waals surface area contributed by atoms with Crippen LogP contribution in [0.25, 0.3) is 22.3 Å². The summed E-state index contributed by atoms with van der Waals surface area (Å²) in [6, 6.07) is 21.4. The van der Waals surface area contributed by atoms with Gasteiger partial charge in [-0.25, -0.2) is 23.8 Å². The average Bonchev–Trinajstić information content (AvgIpc) is 3.44. The fraction of sp³-hybridized carbons (Fsp3) is 0.242. The monoisotopic (exact) mass is 606 g/mol. The maximum absolute atomic E-state index is 14.2. The first kappa shape index (κ1) is 28.4. The fourth-order valence-corrected chi connectivity index (χ4v) is 6.04. The van der Waals surface area contributed by atoms with E-state index in [4.69, 9.17) is 15.6 Å². The molecule has 2 fully saturated rings. The summed E-state index contributed by atoms with van der Waals surface area (Å²) < 4.78 is 22.2. The molecule has 4 heterocycles. The van der Waals surface area contributed by atoms with Crippen LogP contribution >= 0.6 is 0 Å². The number of amides is 3. The summed E-state index contributed by atoms with van der Waals surface area (Å²) in [5.74, 6) is 1.08. The summed E-state index contributed by atoms with van der Waals surface area (Å²) in [5, 5.41) is 8.06. The normalized spacial score (nSPS) is 16.2. The lowest BCUT2D eigenvalue weighted by molar-refractivity contribution is -0.120. The number of nitrogen functional groups attached to an aromatic ring is 1. The summed E-state index contributed by atoms with van der Waals surface area (Å²) in [6.07, 6.45) is 3.25. The van der Waals surface area contributed by atoms with E-state index in [1.54, 1.807) is 6.07 Å². The van der Waals surface area contributed by atoms with E-state index in [0.717, 1.165) is 42.8 Å². The van der Waals surface area contributed by atoms with Crippen molar-refractivity contribution in [1.29, 1.82) is 0 Å². The number of urea groups is 1. The Kier molecular flexibility index (Phi) is 7.55. The van der Waals surface area contributed by atoms with Crippen LogP contribution in [-0.4, -0.2) is 56.2 Å². The van der Waals surface area contributed by atoms with Crippen molar-refractivity contribution in [2.75, 3.05) is 30.3 Å². The molecular formula is C33H31FN8O3. The fourth-order valence-electron chi connectivity index (χ4n) is 6.04. The molecule has 2 saturated heterocycles. The van der Waals surface area contributed by atoms with Crippen molar-refractivity contribution in [1.82, 2.24) is 30.0 Å². The first-order valence-corrected chi connectivity index (χ1v) is 14.9. The Morgan fingerprint density at radius 3 is 2.44 bits per heavy atom. The zero-order chi connectivity index (χ0) is 30.9. The smallest absolute Gasteiger partial charge is 0.328 e. The van der Waals surface area contributed by atoms with Gasteiger partial charge in [-0.2, -0.15) is 5.10 Å². The van der Waals surface area contributed by atoms with Gasteiger partial charge in [-0.05, 0) is 66.9 Å². The number of imide groups is 1. The standard InChI is InChI=1S/C33H31FN8O3/c34-23-9-6-22(27(18-23)41-17-14-28(43)38-33(41)44)19-40-15-12-24(13-16-40)42-32-29(31(35)36-20-37-32)30(39-42)21-7-10-26(11-8-21)45-25-4-2-1-3-5-25/h1-11,18,20,24H,12-17,19H2,(H2,35,36,37)(H,38,43,44). The second-order valence-electron chi connectivity index (χ2n) is 11.2. The summed E-state index contributed by atoms with van der Waals surface area (Å²) in [5.41, 5.74) is 9.96. The molecule has 3 amide bonds. The van der Waals surface area contributed by atoms with Crippen LogP contribution in [0.15, 0.2) is 79.1 Å². The summed E-state index contributed by atoms with van der Waals surface area (Å²) in [4.78, 5) is 36.7. The highest BCUT2D eigenvalue weighted by Gasteiger charge is 2.29. The van der Waals surface area contributed by atoms with E-state index < -0.39 is 11.8 Å². The van der Waals surface area contributed by atoms with Gasteiger partial charge in [0.15, 0.2) is 5.65 Å². The minimum atomic E-state index is -0.530. The number of carbonyl (C=O) groups is 2. The highest BCUT2D eigenvalue weighted by Crippen LogP contribution is 2.36. The van der Waals surface area contributed by atoms with Crippen LogP contribution in [0.5, 0.6) is 11.5 Å². The van der Waals surface area contributed by atoms with Crippen molar-refractivity contribution >= 4 is 34.5 Å². The number of para-hydroxylation sites is 1. The Balaban J connectivity index is 1.09. The second kappa shape index (κ2) is 12.0. The summed E-state index contributed by atoms with van der Waals surface area (Å²) in [7, 11) is 0. The number of likely N-dealkylation sites (tertiary alicyclic amines) is 1. The highest BCUT2D eigenvalue weighted by atomic mass is 19.1. The van der Waals surface area contributed by atoms with Gasteiger partial charge in [-0.3, -0.25) is 19.9 Å². The molecule has 11 nitrogen and oxygen atoms in total. The lowest BCUT2D eigenvalue weighted by Crippen LogP contribution is -2.50. The molecule has 45 heavy (non-hydrogen) atoms. The van der Waals surface area contributed by atoms with E-state index in [1.807, 2.05) is 59.3 Å². The van der Waals surface area contributed by atoms with Gasteiger partial charge in [0.25, 0.3) is 0 Å². The molecule has 0 saturated carbocycles. The zero-order valence-electron chi connectivity index (χ0n) is 24.4. The second-order valence-corrected chi connectivity index (χ2v) is 11.2. The molecule has 3 aromatic carbocycles. The number of hydrogen-bond acceptors (Lipinski definition) is 8. The first-order chi connectivity index (χ1) is 21.9. The molecule has 0 unspecified atom stereocenters. The molecule has 7 rings (SSSR count). The summed E-state index contributed by atoms with van der Waals surface area (Å²) in [6.45, 7) is 2.27. The maximum atomic E-state index is 14.2. The molecule has 228 valence electrons. The van der Waals surface area contributed by atoms with Crippen LogP contribution < -0.4 is 20.7 Å². The maximum Gasteiger partial charge on any atom is 0.328 e. The number of anilines is 2. The zero-order valence-corrected chi connectivity index (χ0v) is 24.4. The molecule has 2 aromatic heterocycles. The van der Waals surface area contributed by atoms with Crippen molar-refractivity contribution in [3.8, 4) is 22.8 Å². The molecule has 0 aliphatic carbocycles. The van der Waals surface area contributed by atoms with Gasteiger partial charge in [0.1, 0.15) is 35.2 Å². The third kappa shape index (κ3) is 5.79. The van der Waals surface area contributed by atoms with Gasteiger partial charge in [-0.1, -0.05) is 24.3 Å². The molecule has 12 heteroatoms.